The molecule has 1 aliphatic heterocycles. The number of nitrogens with zero attached hydrogens (tertiary/aromatic N) is 2. The van der Waals surface area contributed by atoms with Crippen LogP contribution in [0.2, 0.25) is 0 Å². The van der Waals surface area contributed by atoms with Gasteiger partial charge in [-0.25, -0.2) is 9.78 Å². The molecular formula is C23H20N2O7S. The van der Waals surface area contributed by atoms with E-state index >= 15 is 0 Å². The molecule has 33 heavy (non-hydrogen) atoms. The van der Waals surface area contributed by atoms with E-state index in [2.05, 4.69) is 4.98 Å². The van der Waals surface area contributed by atoms with Gasteiger partial charge >= 0.3 is 11.9 Å². The number of carbonyl (C=O) groups is 3. The van der Waals surface area contributed by atoms with Gasteiger partial charge in [-0.2, -0.15) is 0 Å². The van der Waals surface area contributed by atoms with Crippen LogP contribution < -0.4 is 9.64 Å². The smallest absolute Gasteiger partial charge is 0.350 e. The second kappa shape index (κ2) is 8.55. The maximum Gasteiger partial charge on any atom is 0.350 e. The van der Waals surface area contributed by atoms with Crippen LogP contribution in [0.1, 0.15) is 38.3 Å². The summed E-state index contributed by atoms with van der Waals surface area (Å²) in [6, 6.07) is 7.05. The Morgan fingerprint density at radius 2 is 1.97 bits per heavy atom. The zero-order valence-electron chi connectivity index (χ0n) is 18.2. The van der Waals surface area contributed by atoms with Gasteiger partial charge in [0.25, 0.3) is 5.78 Å². The van der Waals surface area contributed by atoms with Gasteiger partial charge in [0.2, 0.25) is 0 Å². The first kappa shape index (κ1) is 22.3. The number of Topliss-reactive ketones (excluding diaryl/α,β-unsaturated/α-hetero) is 1. The fraction of sp³-hybridized carbons (Fsp3) is 0.217. The Kier molecular flexibility index (Phi) is 5.77. The molecule has 3 aromatic rings. The lowest BCUT2D eigenvalue weighted by Crippen LogP contribution is -2.29. The molecule has 1 atom stereocenters. The lowest BCUT2D eigenvalue weighted by molar-refractivity contribution is -0.132. The van der Waals surface area contributed by atoms with Gasteiger partial charge in [0, 0.05) is 5.56 Å². The number of ketones is 1. The SMILES string of the molecule is COC(=O)c1sc(N2C(=O)C(=O)/C(=C(/O)c3ccc(OC)c(C)c3)[C@H]2c2ccco2)nc1C. The molecule has 10 heteroatoms. The Labute approximate surface area is 192 Å². The topological polar surface area (TPSA) is 119 Å². The average molecular weight is 468 g/mol. The molecule has 2 aromatic heterocycles. The van der Waals surface area contributed by atoms with E-state index in [4.69, 9.17) is 13.9 Å². The van der Waals surface area contributed by atoms with E-state index in [1.54, 1.807) is 44.2 Å². The fourth-order valence-corrected chi connectivity index (χ4v) is 4.71. The van der Waals surface area contributed by atoms with E-state index in [0.717, 1.165) is 21.8 Å². The number of benzene rings is 1. The van der Waals surface area contributed by atoms with Gasteiger partial charge in [-0.05, 0) is 49.7 Å². The number of hydrogen-bond acceptors (Lipinski definition) is 9. The van der Waals surface area contributed by atoms with E-state index in [1.807, 2.05) is 0 Å². The first-order valence-corrected chi connectivity index (χ1v) is 10.6. The molecule has 0 aliphatic carbocycles. The zero-order valence-corrected chi connectivity index (χ0v) is 19.1. The number of carbonyl (C=O) groups excluding carboxylic acids is 3. The van der Waals surface area contributed by atoms with Crippen molar-refractivity contribution in [2.75, 3.05) is 19.1 Å². The number of furan rings is 1. The van der Waals surface area contributed by atoms with Gasteiger partial charge in [0.15, 0.2) is 5.13 Å². The highest BCUT2D eigenvalue weighted by molar-refractivity contribution is 7.17. The molecule has 0 bridgehead atoms. The third-order valence-corrected chi connectivity index (χ3v) is 6.42. The van der Waals surface area contributed by atoms with Gasteiger partial charge in [0.1, 0.15) is 28.2 Å². The molecule has 0 unspecified atom stereocenters. The van der Waals surface area contributed by atoms with Gasteiger partial charge in [-0.15, -0.1) is 0 Å². The normalized spacial score (nSPS) is 17.5. The average Bonchev–Trinajstić information content (AvgIpc) is 3.52. The van der Waals surface area contributed by atoms with Crippen LogP contribution in [-0.2, 0) is 14.3 Å². The van der Waals surface area contributed by atoms with Crippen LogP contribution in [0.15, 0.2) is 46.6 Å². The number of thiazole rings is 1. The van der Waals surface area contributed by atoms with Gasteiger partial charge < -0.3 is 19.0 Å². The van der Waals surface area contributed by atoms with Crippen LogP contribution in [0.5, 0.6) is 5.75 Å². The van der Waals surface area contributed by atoms with Crippen LogP contribution in [0.4, 0.5) is 5.13 Å². The largest absolute Gasteiger partial charge is 0.507 e. The number of methoxy groups -OCH3 is 2. The van der Waals surface area contributed by atoms with Crippen LogP contribution in [-0.4, -0.2) is 42.0 Å². The summed E-state index contributed by atoms with van der Waals surface area (Å²) >= 11 is 0.918. The monoisotopic (exact) mass is 468 g/mol. The second-order valence-corrected chi connectivity index (χ2v) is 8.25. The number of aromatic nitrogens is 1. The summed E-state index contributed by atoms with van der Waals surface area (Å²) < 4.78 is 15.5. The molecule has 4 rings (SSSR count). The molecule has 170 valence electrons. The summed E-state index contributed by atoms with van der Waals surface area (Å²) in [4.78, 5) is 43.9. The summed E-state index contributed by atoms with van der Waals surface area (Å²) in [5.41, 5.74) is 1.29. The van der Waals surface area contributed by atoms with E-state index < -0.39 is 23.7 Å². The lowest BCUT2D eigenvalue weighted by Gasteiger charge is -2.20. The van der Waals surface area contributed by atoms with Crippen molar-refractivity contribution in [3.05, 3.63) is 69.6 Å². The molecule has 1 aromatic carbocycles. The van der Waals surface area contributed by atoms with Crippen molar-refractivity contribution >= 4 is 39.9 Å². The van der Waals surface area contributed by atoms with Crippen LogP contribution in [0, 0.1) is 13.8 Å². The van der Waals surface area contributed by atoms with Crippen molar-refractivity contribution in [3.63, 3.8) is 0 Å². The minimum absolute atomic E-state index is 0.112. The van der Waals surface area contributed by atoms with Crippen molar-refractivity contribution in [1.82, 2.24) is 4.98 Å². The van der Waals surface area contributed by atoms with E-state index in [0.29, 0.717) is 17.0 Å². The van der Waals surface area contributed by atoms with Crippen LogP contribution >= 0.6 is 11.3 Å². The highest BCUT2D eigenvalue weighted by Crippen LogP contribution is 2.44. The summed E-state index contributed by atoms with van der Waals surface area (Å²) in [6.07, 6.45) is 1.40. The van der Waals surface area contributed by atoms with Crippen molar-refractivity contribution in [3.8, 4) is 5.75 Å². The number of ether oxygens (including phenoxy) is 2. The number of anilines is 1. The van der Waals surface area contributed by atoms with Gasteiger partial charge in [-0.1, -0.05) is 11.3 Å². The summed E-state index contributed by atoms with van der Waals surface area (Å²) in [6.45, 7) is 3.40. The second-order valence-electron chi connectivity index (χ2n) is 7.27. The quantitative estimate of drug-likeness (QED) is 0.260. The minimum Gasteiger partial charge on any atom is -0.507 e. The Bertz CT molecular complexity index is 1290. The first-order chi connectivity index (χ1) is 15.8. The van der Waals surface area contributed by atoms with Gasteiger partial charge in [0.05, 0.1) is 31.7 Å². The number of hydrogen-bond donors (Lipinski definition) is 1. The van der Waals surface area contributed by atoms with Crippen molar-refractivity contribution in [2.45, 2.75) is 19.9 Å². The van der Waals surface area contributed by atoms with Gasteiger partial charge in [-0.3, -0.25) is 14.5 Å². The number of rotatable bonds is 5. The molecule has 1 aliphatic rings. The molecule has 1 fully saturated rings. The number of aliphatic hydroxyl groups is 1. The Balaban J connectivity index is 1.90. The standard InChI is InChI=1S/C23H20N2O7S/c1-11-10-13(7-8-14(11)30-3)18(26)16-17(15-6-5-9-32-15)25(21(28)19(16)27)23-24-12(2)20(33-23)22(29)31-4/h5-10,17,26H,1-4H3/b18-16+/t17-/m1/s1. The minimum atomic E-state index is -1.07. The van der Waals surface area contributed by atoms with E-state index in [9.17, 15) is 19.5 Å². The molecule has 1 amide bonds. The lowest BCUT2D eigenvalue weighted by atomic mass is 9.98. The van der Waals surface area contributed by atoms with Crippen LogP contribution in [0.3, 0.4) is 0 Å². The predicted octanol–water partition coefficient (Wildman–Crippen LogP) is 3.77. The highest BCUT2D eigenvalue weighted by Gasteiger charge is 2.49. The molecular weight excluding hydrogens is 448 g/mol. The number of esters is 1. The molecule has 3 heterocycles. The molecule has 0 spiro atoms. The highest BCUT2D eigenvalue weighted by atomic mass is 32.1. The molecule has 1 saturated heterocycles. The summed E-state index contributed by atoms with van der Waals surface area (Å²) in [5, 5.41) is 11.2. The van der Waals surface area contributed by atoms with E-state index in [1.165, 1.54) is 20.5 Å². The fourth-order valence-electron chi connectivity index (χ4n) is 3.69. The summed E-state index contributed by atoms with van der Waals surface area (Å²) in [7, 11) is 2.77. The first-order valence-electron chi connectivity index (χ1n) is 9.83. The number of amides is 1. The Morgan fingerprint density at radius 1 is 1.21 bits per heavy atom. The van der Waals surface area contributed by atoms with E-state index in [-0.39, 0.29) is 27.1 Å². The third-order valence-electron chi connectivity index (χ3n) is 5.29. The maximum atomic E-state index is 13.1. The predicted molar refractivity (Wildman–Crippen MR) is 119 cm³/mol. The molecule has 9 nitrogen and oxygen atoms in total. The van der Waals surface area contributed by atoms with Crippen molar-refractivity contribution in [2.24, 2.45) is 0 Å². The maximum absolute atomic E-state index is 13.1. The Morgan fingerprint density at radius 3 is 2.58 bits per heavy atom. The Hall–Kier alpha value is -3.92. The van der Waals surface area contributed by atoms with Crippen molar-refractivity contribution < 1.29 is 33.4 Å². The molecule has 1 N–H and O–H groups in total. The number of aliphatic hydroxyl groups excluding tert-OH is 1. The number of aryl methyl sites for hydroxylation is 2. The molecule has 0 radical (unpaired) electrons. The van der Waals surface area contributed by atoms with Crippen molar-refractivity contribution in [1.29, 1.82) is 0 Å². The third kappa shape index (κ3) is 3.68. The molecule has 0 saturated carbocycles. The zero-order chi connectivity index (χ0) is 23.9. The van der Waals surface area contributed by atoms with Crippen LogP contribution in [0.25, 0.3) is 5.76 Å². The summed E-state index contributed by atoms with van der Waals surface area (Å²) in [5.74, 6) is -1.87.